The summed E-state index contributed by atoms with van der Waals surface area (Å²) in [7, 11) is 1.67. The molecule has 1 saturated carbocycles. The van der Waals surface area contributed by atoms with Crippen LogP contribution in [0.25, 0.3) is 0 Å². The van der Waals surface area contributed by atoms with E-state index in [2.05, 4.69) is 13.8 Å². The Morgan fingerprint density at radius 3 is 2.63 bits per heavy atom. The van der Waals surface area contributed by atoms with Gasteiger partial charge < -0.3 is 10.5 Å². The van der Waals surface area contributed by atoms with Gasteiger partial charge in [0.2, 0.25) is 0 Å². The van der Waals surface area contributed by atoms with Gasteiger partial charge in [-0.05, 0) is 42.7 Å². The Hall–Kier alpha value is -0.730. The summed E-state index contributed by atoms with van der Waals surface area (Å²) < 4.78 is 5.42. The summed E-state index contributed by atoms with van der Waals surface area (Å²) in [5, 5.41) is 0.693. The molecule has 1 aromatic rings. The highest BCUT2D eigenvalue weighted by Gasteiger charge is 2.30. The summed E-state index contributed by atoms with van der Waals surface area (Å²) in [5.41, 5.74) is 7.56. The van der Waals surface area contributed by atoms with Gasteiger partial charge in [0.1, 0.15) is 5.75 Å². The van der Waals surface area contributed by atoms with Gasteiger partial charge in [0, 0.05) is 16.6 Å². The number of methoxy groups -OCH3 is 1. The van der Waals surface area contributed by atoms with Crippen LogP contribution in [0.3, 0.4) is 0 Å². The molecule has 1 fully saturated rings. The van der Waals surface area contributed by atoms with Crippen LogP contribution in [0.2, 0.25) is 5.02 Å². The van der Waals surface area contributed by atoms with E-state index in [1.165, 1.54) is 19.3 Å². The highest BCUT2D eigenvalue weighted by Crippen LogP contribution is 2.41. The molecular formula is C16H24ClNO. The minimum absolute atomic E-state index is 0.0437. The fourth-order valence-electron chi connectivity index (χ4n) is 3.13. The Bertz CT molecular complexity index is 435. The molecule has 4 unspecified atom stereocenters. The summed E-state index contributed by atoms with van der Waals surface area (Å²) in [5.74, 6) is 2.92. The van der Waals surface area contributed by atoms with Crippen molar-refractivity contribution in [3.63, 3.8) is 0 Å². The maximum atomic E-state index is 6.48. The molecule has 0 aliphatic heterocycles. The lowest BCUT2D eigenvalue weighted by Gasteiger charge is -2.35. The molecule has 0 spiro atoms. The predicted molar refractivity (Wildman–Crippen MR) is 80.6 cm³/mol. The first-order valence-electron chi connectivity index (χ1n) is 7.12. The van der Waals surface area contributed by atoms with Gasteiger partial charge in [0.25, 0.3) is 0 Å². The van der Waals surface area contributed by atoms with E-state index in [9.17, 15) is 0 Å². The molecule has 106 valence electrons. The molecule has 19 heavy (non-hydrogen) atoms. The van der Waals surface area contributed by atoms with Crippen molar-refractivity contribution >= 4 is 11.6 Å². The first-order chi connectivity index (χ1) is 9.02. The lowest BCUT2D eigenvalue weighted by atomic mass is 9.72. The van der Waals surface area contributed by atoms with E-state index in [-0.39, 0.29) is 6.04 Å². The van der Waals surface area contributed by atoms with Crippen molar-refractivity contribution in [2.24, 2.45) is 23.5 Å². The van der Waals surface area contributed by atoms with Crippen LogP contribution in [-0.4, -0.2) is 7.11 Å². The molecule has 1 aliphatic rings. The van der Waals surface area contributed by atoms with Gasteiger partial charge in [0.15, 0.2) is 0 Å². The SMILES string of the molecule is COc1cc(Cl)ccc1C(N)C1CCC(C)C(C)C1. The van der Waals surface area contributed by atoms with E-state index in [4.69, 9.17) is 22.1 Å². The van der Waals surface area contributed by atoms with Gasteiger partial charge in [-0.1, -0.05) is 37.9 Å². The Labute approximate surface area is 121 Å². The fraction of sp³-hybridized carbons (Fsp3) is 0.625. The van der Waals surface area contributed by atoms with Crippen molar-refractivity contribution in [3.05, 3.63) is 28.8 Å². The number of hydrogen-bond donors (Lipinski definition) is 1. The Morgan fingerprint density at radius 2 is 2.00 bits per heavy atom. The van der Waals surface area contributed by atoms with Crippen molar-refractivity contribution in [2.75, 3.05) is 7.11 Å². The highest BCUT2D eigenvalue weighted by atomic mass is 35.5. The maximum Gasteiger partial charge on any atom is 0.125 e. The van der Waals surface area contributed by atoms with E-state index in [0.717, 1.165) is 23.1 Å². The second kappa shape index (κ2) is 6.15. The lowest BCUT2D eigenvalue weighted by molar-refractivity contribution is 0.184. The van der Waals surface area contributed by atoms with Crippen LogP contribution >= 0.6 is 11.6 Å². The summed E-state index contributed by atoms with van der Waals surface area (Å²) >= 11 is 6.01. The average molecular weight is 282 g/mol. The van der Waals surface area contributed by atoms with Gasteiger partial charge in [-0.15, -0.1) is 0 Å². The van der Waals surface area contributed by atoms with Crippen molar-refractivity contribution in [1.29, 1.82) is 0 Å². The van der Waals surface area contributed by atoms with E-state index >= 15 is 0 Å². The summed E-state index contributed by atoms with van der Waals surface area (Å²) in [6.07, 6.45) is 3.68. The molecule has 4 atom stereocenters. The number of rotatable bonds is 3. The normalized spacial score (nSPS) is 29.0. The molecule has 0 saturated heterocycles. The van der Waals surface area contributed by atoms with Crippen LogP contribution in [-0.2, 0) is 0 Å². The molecule has 2 nitrogen and oxygen atoms in total. The fourth-order valence-corrected chi connectivity index (χ4v) is 3.29. The van der Waals surface area contributed by atoms with E-state index in [1.54, 1.807) is 7.11 Å². The van der Waals surface area contributed by atoms with E-state index in [0.29, 0.717) is 10.9 Å². The molecule has 0 heterocycles. The standard InChI is InChI=1S/C16H24ClNO/c1-10-4-5-12(8-11(10)2)16(18)14-7-6-13(17)9-15(14)19-3/h6-7,9-12,16H,4-5,8,18H2,1-3H3. The molecule has 0 amide bonds. The zero-order valence-corrected chi connectivity index (χ0v) is 12.8. The van der Waals surface area contributed by atoms with Crippen molar-refractivity contribution < 1.29 is 4.74 Å². The van der Waals surface area contributed by atoms with Crippen LogP contribution in [0.5, 0.6) is 5.75 Å². The van der Waals surface area contributed by atoms with Crippen LogP contribution in [0, 0.1) is 17.8 Å². The number of ether oxygens (including phenoxy) is 1. The lowest BCUT2D eigenvalue weighted by Crippen LogP contribution is -2.29. The monoisotopic (exact) mass is 281 g/mol. The first-order valence-corrected chi connectivity index (χ1v) is 7.49. The zero-order chi connectivity index (χ0) is 14.0. The highest BCUT2D eigenvalue weighted by molar-refractivity contribution is 6.30. The van der Waals surface area contributed by atoms with Gasteiger partial charge in [0.05, 0.1) is 7.11 Å². The molecule has 0 radical (unpaired) electrons. The molecule has 2 rings (SSSR count). The molecule has 3 heteroatoms. The van der Waals surface area contributed by atoms with Gasteiger partial charge >= 0.3 is 0 Å². The van der Waals surface area contributed by atoms with Crippen LogP contribution < -0.4 is 10.5 Å². The molecule has 2 N–H and O–H groups in total. The van der Waals surface area contributed by atoms with Gasteiger partial charge in [-0.2, -0.15) is 0 Å². The number of benzene rings is 1. The Morgan fingerprint density at radius 1 is 1.26 bits per heavy atom. The van der Waals surface area contributed by atoms with Crippen molar-refractivity contribution in [1.82, 2.24) is 0 Å². The molecule has 1 aromatic carbocycles. The molecular weight excluding hydrogens is 258 g/mol. The third-order valence-electron chi connectivity index (χ3n) is 4.70. The van der Waals surface area contributed by atoms with E-state index < -0.39 is 0 Å². The summed E-state index contributed by atoms with van der Waals surface area (Å²) in [6, 6.07) is 5.80. The smallest absolute Gasteiger partial charge is 0.125 e. The Kier molecular flexibility index (Phi) is 4.75. The van der Waals surface area contributed by atoms with E-state index in [1.807, 2.05) is 18.2 Å². The first kappa shape index (κ1) is 14.7. The third kappa shape index (κ3) is 3.24. The molecule has 1 aliphatic carbocycles. The maximum absolute atomic E-state index is 6.48. The zero-order valence-electron chi connectivity index (χ0n) is 12.0. The molecule has 0 aromatic heterocycles. The Balaban J connectivity index is 2.17. The minimum Gasteiger partial charge on any atom is -0.496 e. The van der Waals surface area contributed by atoms with Crippen LogP contribution in [0.1, 0.15) is 44.7 Å². The third-order valence-corrected chi connectivity index (χ3v) is 4.94. The quantitative estimate of drug-likeness (QED) is 0.890. The summed E-state index contributed by atoms with van der Waals surface area (Å²) in [4.78, 5) is 0. The second-order valence-electron chi connectivity index (χ2n) is 5.94. The minimum atomic E-state index is 0.0437. The second-order valence-corrected chi connectivity index (χ2v) is 6.38. The number of hydrogen-bond acceptors (Lipinski definition) is 2. The number of halogens is 1. The predicted octanol–water partition coefficient (Wildman–Crippen LogP) is 4.42. The summed E-state index contributed by atoms with van der Waals surface area (Å²) in [6.45, 7) is 4.68. The van der Waals surface area contributed by atoms with Crippen LogP contribution in [0.4, 0.5) is 0 Å². The average Bonchev–Trinajstić information content (AvgIpc) is 2.41. The van der Waals surface area contributed by atoms with Crippen molar-refractivity contribution in [3.8, 4) is 5.75 Å². The largest absolute Gasteiger partial charge is 0.496 e. The van der Waals surface area contributed by atoms with Crippen LogP contribution in [0.15, 0.2) is 18.2 Å². The topological polar surface area (TPSA) is 35.2 Å². The van der Waals surface area contributed by atoms with Gasteiger partial charge in [-0.25, -0.2) is 0 Å². The van der Waals surface area contributed by atoms with Gasteiger partial charge in [-0.3, -0.25) is 0 Å². The molecule has 0 bridgehead atoms. The van der Waals surface area contributed by atoms with Crippen molar-refractivity contribution in [2.45, 2.75) is 39.2 Å². The number of nitrogens with two attached hydrogens (primary N) is 1.